The summed E-state index contributed by atoms with van der Waals surface area (Å²) in [6, 6.07) is 15.3. The number of para-hydroxylation sites is 1. The number of benzene rings is 2. The molecule has 28 heavy (non-hydrogen) atoms. The largest absolute Gasteiger partial charge is 0.496 e. The smallest absolute Gasteiger partial charge is 0.340 e. The monoisotopic (exact) mass is 377 g/mol. The van der Waals surface area contributed by atoms with Gasteiger partial charge in [0.1, 0.15) is 5.75 Å². The van der Waals surface area contributed by atoms with Crippen LogP contribution >= 0.6 is 0 Å². The van der Waals surface area contributed by atoms with Crippen molar-refractivity contribution in [2.24, 2.45) is 0 Å². The zero-order valence-electron chi connectivity index (χ0n) is 16.5. The Bertz CT molecular complexity index is 970. The maximum atomic E-state index is 13.2. The average molecular weight is 377 g/mol. The number of carbonyl (C=O) groups is 2. The Labute approximate surface area is 164 Å². The van der Waals surface area contributed by atoms with E-state index >= 15 is 0 Å². The predicted molar refractivity (Wildman–Crippen MR) is 107 cm³/mol. The third-order valence-corrected chi connectivity index (χ3v) is 4.80. The van der Waals surface area contributed by atoms with Crippen molar-refractivity contribution in [3.05, 3.63) is 82.1 Å². The van der Waals surface area contributed by atoms with Crippen LogP contribution in [0.2, 0.25) is 0 Å². The summed E-state index contributed by atoms with van der Waals surface area (Å²) in [7, 11) is 2.89. The summed E-state index contributed by atoms with van der Waals surface area (Å²) >= 11 is 0. The van der Waals surface area contributed by atoms with Crippen LogP contribution in [-0.2, 0) is 20.9 Å². The molecule has 1 amide bonds. The predicted octanol–water partition coefficient (Wildman–Crippen LogP) is 3.88. The van der Waals surface area contributed by atoms with Gasteiger partial charge in [-0.25, -0.2) is 4.79 Å². The molecule has 0 bridgehead atoms. The summed E-state index contributed by atoms with van der Waals surface area (Å²) in [4.78, 5) is 27.2. The number of ether oxygens (including phenoxy) is 2. The highest BCUT2D eigenvalue weighted by Crippen LogP contribution is 2.34. The number of hydrogen-bond acceptors (Lipinski definition) is 4. The lowest BCUT2D eigenvalue weighted by Crippen LogP contribution is -2.24. The van der Waals surface area contributed by atoms with Gasteiger partial charge in [0.2, 0.25) is 0 Å². The van der Waals surface area contributed by atoms with Crippen LogP contribution in [0.4, 0.5) is 0 Å². The number of allylic oxidation sites excluding steroid dienone is 1. The van der Waals surface area contributed by atoms with Gasteiger partial charge in [-0.2, -0.15) is 0 Å². The molecule has 0 aliphatic carbocycles. The van der Waals surface area contributed by atoms with E-state index in [4.69, 9.17) is 9.47 Å². The number of esters is 1. The Morgan fingerprint density at radius 2 is 1.71 bits per heavy atom. The molecular formula is C23H23NO4. The van der Waals surface area contributed by atoms with Crippen molar-refractivity contribution in [3.63, 3.8) is 0 Å². The van der Waals surface area contributed by atoms with Crippen molar-refractivity contribution < 1.29 is 19.1 Å². The van der Waals surface area contributed by atoms with Crippen LogP contribution < -0.4 is 4.74 Å². The summed E-state index contributed by atoms with van der Waals surface area (Å²) in [6.45, 7) is 4.16. The third-order valence-electron chi connectivity index (χ3n) is 4.80. The van der Waals surface area contributed by atoms with Crippen molar-refractivity contribution in [2.45, 2.75) is 20.4 Å². The lowest BCUT2D eigenvalue weighted by Gasteiger charge is -2.18. The van der Waals surface area contributed by atoms with Crippen LogP contribution in [0.25, 0.3) is 6.08 Å². The fourth-order valence-electron chi connectivity index (χ4n) is 3.24. The summed E-state index contributed by atoms with van der Waals surface area (Å²) in [6.07, 6.45) is 1.69. The van der Waals surface area contributed by atoms with Crippen molar-refractivity contribution in [1.29, 1.82) is 0 Å². The van der Waals surface area contributed by atoms with E-state index in [0.717, 1.165) is 16.7 Å². The van der Waals surface area contributed by atoms with Crippen LogP contribution in [-0.4, -0.2) is 31.0 Å². The number of rotatable bonds is 5. The third kappa shape index (κ3) is 3.69. The molecule has 1 aliphatic rings. The normalized spacial score (nSPS) is 15.4. The van der Waals surface area contributed by atoms with Gasteiger partial charge in [0.25, 0.3) is 5.91 Å². The molecule has 1 aliphatic heterocycles. The Morgan fingerprint density at radius 3 is 2.36 bits per heavy atom. The Morgan fingerprint density at radius 1 is 1.04 bits per heavy atom. The second kappa shape index (κ2) is 8.13. The number of aryl methyl sites for hydroxylation is 1. The highest BCUT2D eigenvalue weighted by atomic mass is 16.5. The molecule has 0 N–H and O–H groups in total. The number of nitrogens with zero attached hydrogens (tertiary/aromatic N) is 1. The number of amides is 1. The van der Waals surface area contributed by atoms with Crippen LogP contribution in [0.1, 0.15) is 23.6 Å². The van der Waals surface area contributed by atoms with Crippen LogP contribution in [0.5, 0.6) is 5.75 Å². The first-order valence-corrected chi connectivity index (χ1v) is 8.98. The van der Waals surface area contributed by atoms with Gasteiger partial charge < -0.3 is 14.4 Å². The molecule has 0 unspecified atom stereocenters. The Kier molecular flexibility index (Phi) is 5.64. The summed E-state index contributed by atoms with van der Waals surface area (Å²) in [5, 5.41) is 0. The van der Waals surface area contributed by atoms with E-state index in [9.17, 15) is 9.59 Å². The highest BCUT2D eigenvalue weighted by Gasteiger charge is 2.37. The zero-order chi connectivity index (χ0) is 20.3. The Balaban J connectivity index is 2.04. The van der Waals surface area contributed by atoms with E-state index in [-0.39, 0.29) is 11.5 Å². The van der Waals surface area contributed by atoms with Crippen molar-refractivity contribution >= 4 is 18.0 Å². The van der Waals surface area contributed by atoms with E-state index in [1.54, 1.807) is 25.0 Å². The second-order valence-electron chi connectivity index (χ2n) is 6.63. The molecule has 0 fully saturated rings. The van der Waals surface area contributed by atoms with Gasteiger partial charge in [-0.15, -0.1) is 0 Å². The van der Waals surface area contributed by atoms with Crippen molar-refractivity contribution in [3.8, 4) is 5.75 Å². The molecule has 5 heteroatoms. The second-order valence-corrected chi connectivity index (χ2v) is 6.63. The molecule has 0 atom stereocenters. The fraction of sp³-hybridized carbons (Fsp3) is 0.217. The molecule has 0 saturated carbocycles. The summed E-state index contributed by atoms with van der Waals surface area (Å²) < 4.78 is 10.3. The van der Waals surface area contributed by atoms with Gasteiger partial charge in [-0.3, -0.25) is 4.79 Å². The van der Waals surface area contributed by atoms with Gasteiger partial charge >= 0.3 is 5.97 Å². The fourth-order valence-corrected chi connectivity index (χ4v) is 3.24. The average Bonchev–Trinajstić information content (AvgIpc) is 2.93. The van der Waals surface area contributed by atoms with Gasteiger partial charge in [-0.05, 0) is 31.6 Å². The Hall–Kier alpha value is -3.34. The minimum Gasteiger partial charge on any atom is -0.496 e. The highest BCUT2D eigenvalue weighted by molar-refractivity contribution is 6.16. The van der Waals surface area contributed by atoms with Gasteiger partial charge in [0, 0.05) is 11.3 Å². The first-order chi connectivity index (χ1) is 13.5. The summed E-state index contributed by atoms with van der Waals surface area (Å²) in [5.74, 6) is -0.135. The molecular weight excluding hydrogens is 354 g/mol. The minimum absolute atomic E-state index is 0.232. The molecule has 1 heterocycles. The zero-order valence-corrected chi connectivity index (χ0v) is 16.5. The molecule has 3 rings (SSSR count). The van der Waals surface area contributed by atoms with Gasteiger partial charge in [-0.1, -0.05) is 48.0 Å². The van der Waals surface area contributed by atoms with Gasteiger partial charge in [0.05, 0.1) is 31.9 Å². The van der Waals surface area contributed by atoms with Crippen LogP contribution in [0.15, 0.2) is 65.4 Å². The number of methoxy groups -OCH3 is 2. The van der Waals surface area contributed by atoms with E-state index in [1.165, 1.54) is 7.11 Å². The molecule has 5 nitrogen and oxygen atoms in total. The van der Waals surface area contributed by atoms with E-state index in [2.05, 4.69) is 0 Å². The molecule has 2 aromatic rings. The first-order valence-electron chi connectivity index (χ1n) is 8.98. The number of hydrogen-bond donors (Lipinski definition) is 0. The first kappa shape index (κ1) is 19.4. The lowest BCUT2D eigenvalue weighted by molar-refractivity contribution is -0.136. The quantitative estimate of drug-likeness (QED) is 0.586. The maximum Gasteiger partial charge on any atom is 0.340 e. The van der Waals surface area contributed by atoms with Gasteiger partial charge in [0.15, 0.2) is 0 Å². The minimum atomic E-state index is -0.529. The molecule has 2 aromatic carbocycles. The lowest BCUT2D eigenvalue weighted by atomic mass is 10.0. The number of carbonyl (C=O) groups excluding carboxylic acids is 2. The maximum absolute atomic E-state index is 13.2. The topological polar surface area (TPSA) is 55.8 Å². The molecule has 0 spiro atoms. The summed E-state index contributed by atoms with van der Waals surface area (Å²) in [5.41, 5.74) is 4.03. The molecule has 144 valence electrons. The molecule has 0 saturated heterocycles. The van der Waals surface area contributed by atoms with E-state index in [0.29, 0.717) is 23.6 Å². The van der Waals surface area contributed by atoms with Crippen LogP contribution in [0.3, 0.4) is 0 Å². The van der Waals surface area contributed by atoms with Crippen molar-refractivity contribution in [2.75, 3.05) is 14.2 Å². The molecule has 0 radical (unpaired) electrons. The van der Waals surface area contributed by atoms with E-state index < -0.39 is 5.97 Å². The van der Waals surface area contributed by atoms with E-state index in [1.807, 2.05) is 55.5 Å². The van der Waals surface area contributed by atoms with Crippen LogP contribution in [0, 0.1) is 6.92 Å². The standard InChI is InChI=1S/C23H23NO4/c1-15-9-11-17(12-10-15)14-24-16(2)21(23(26)28-4)19(22(24)25)13-18-7-5-6-8-20(18)27-3/h5-13H,14H2,1-4H3. The SMILES string of the molecule is COC(=O)C1=C(C)N(Cc2ccc(C)cc2)C(=O)C1=Cc1ccccc1OC. The van der Waals surface area contributed by atoms with Crippen molar-refractivity contribution in [1.82, 2.24) is 4.90 Å². The molecule has 0 aromatic heterocycles.